The van der Waals surface area contributed by atoms with Crippen molar-refractivity contribution in [3.8, 4) is 0 Å². The predicted molar refractivity (Wildman–Crippen MR) is 118 cm³/mol. The number of aryl methyl sites for hydroxylation is 2. The summed E-state index contributed by atoms with van der Waals surface area (Å²) in [6, 6.07) is 8.14. The van der Waals surface area contributed by atoms with E-state index in [2.05, 4.69) is 51.2 Å². The average molecular weight is 387 g/mol. The Hall–Kier alpha value is -2.00. The van der Waals surface area contributed by atoms with Gasteiger partial charge in [0.15, 0.2) is 5.88 Å². The molecule has 0 saturated carbocycles. The number of rotatable bonds is 9. The second-order valence-corrected chi connectivity index (χ2v) is 7.18. The molecule has 2 rings (SSSR count). The van der Waals surface area contributed by atoms with E-state index in [1.54, 1.807) is 0 Å². The number of nitrogens with zero attached hydrogens (tertiary/aromatic N) is 1. The molecule has 0 aliphatic heterocycles. The van der Waals surface area contributed by atoms with E-state index in [1.165, 1.54) is 16.7 Å². The molecule has 146 valence electrons. The lowest BCUT2D eigenvalue weighted by atomic mass is 9.97. The van der Waals surface area contributed by atoms with Gasteiger partial charge in [-0.3, -0.25) is 4.99 Å². The Balaban J connectivity index is 2.19. The molecule has 0 radical (unpaired) electrons. The van der Waals surface area contributed by atoms with E-state index in [4.69, 9.17) is 21.0 Å². The van der Waals surface area contributed by atoms with Gasteiger partial charge in [-0.05, 0) is 55.5 Å². The molecular formula is C23H31ClN2O. The summed E-state index contributed by atoms with van der Waals surface area (Å²) in [6.07, 6.45) is 6.28. The smallest absolute Gasteiger partial charge is 0.193 e. The van der Waals surface area contributed by atoms with Gasteiger partial charge in [0.2, 0.25) is 0 Å². The molecule has 0 bridgehead atoms. The summed E-state index contributed by atoms with van der Waals surface area (Å²) in [4.78, 5) is 4.83. The molecule has 0 amide bonds. The van der Waals surface area contributed by atoms with Gasteiger partial charge in [-0.25, -0.2) is 0 Å². The van der Waals surface area contributed by atoms with Crippen molar-refractivity contribution in [3.05, 3.63) is 57.8 Å². The molecule has 4 heteroatoms. The number of furan rings is 1. The Bertz CT molecular complexity index is 818. The van der Waals surface area contributed by atoms with Crippen molar-refractivity contribution in [1.29, 1.82) is 0 Å². The van der Waals surface area contributed by atoms with Crippen LogP contribution in [0.3, 0.4) is 0 Å². The van der Waals surface area contributed by atoms with Gasteiger partial charge >= 0.3 is 0 Å². The summed E-state index contributed by atoms with van der Waals surface area (Å²) < 4.78 is 5.80. The molecule has 1 aromatic carbocycles. The van der Waals surface area contributed by atoms with Gasteiger partial charge in [0.25, 0.3) is 0 Å². The monoisotopic (exact) mass is 386 g/mol. The molecule has 0 unspecified atom stereocenters. The summed E-state index contributed by atoms with van der Waals surface area (Å²) in [5, 5.41) is 3.84. The molecule has 0 saturated heterocycles. The van der Waals surface area contributed by atoms with E-state index in [0.29, 0.717) is 0 Å². The van der Waals surface area contributed by atoms with E-state index in [1.807, 2.05) is 19.2 Å². The van der Waals surface area contributed by atoms with Gasteiger partial charge in [-0.15, -0.1) is 0 Å². The zero-order valence-corrected chi connectivity index (χ0v) is 17.9. The number of aliphatic imine (C=N–C) groups is 1. The number of anilines is 1. The highest BCUT2D eigenvalue weighted by atomic mass is 35.5. The fourth-order valence-corrected chi connectivity index (χ4v) is 3.33. The Morgan fingerprint density at radius 2 is 2.00 bits per heavy atom. The standard InChI is InChI=1S/C23H31ClN2O/c1-6-8-9-18(20-14-19(24)11-10-16(20)3)12-13-26-17(4)21-15-23(25-5)27-22(21)7-2/h9-11,14-15,25H,6-8,12-13H2,1-5H3. The minimum Gasteiger partial charge on any atom is -0.445 e. The molecule has 0 spiro atoms. The second kappa shape index (κ2) is 10.4. The fraction of sp³-hybridized carbons (Fsp3) is 0.435. The molecule has 3 nitrogen and oxygen atoms in total. The molecule has 0 fully saturated rings. The van der Waals surface area contributed by atoms with Crippen LogP contribution in [0, 0.1) is 6.92 Å². The van der Waals surface area contributed by atoms with Crippen LogP contribution < -0.4 is 5.32 Å². The first-order valence-electron chi connectivity index (χ1n) is 9.77. The summed E-state index contributed by atoms with van der Waals surface area (Å²) in [7, 11) is 1.87. The largest absolute Gasteiger partial charge is 0.445 e. The normalized spacial score (nSPS) is 12.5. The van der Waals surface area contributed by atoms with Crippen molar-refractivity contribution in [2.24, 2.45) is 4.99 Å². The van der Waals surface area contributed by atoms with Crippen LogP contribution in [0.5, 0.6) is 0 Å². The minimum absolute atomic E-state index is 0.747. The highest BCUT2D eigenvalue weighted by molar-refractivity contribution is 6.30. The Morgan fingerprint density at radius 3 is 2.67 bits per heavy atom. The molecule has 1 aromatic heterocycles. The lowest BCUT2D eigenvalue weighted by Gasteiger charge is -2.11. The third-order valence-corrected chi connectivity index (χ3v) is 4.96. The van der Waals surface area contributed by atoms with Crippen molar-refractivity contribution in [3.63, 3.8) is 0 Å². The number of halogens is 1. The van der Waals surface area contributed by atoms with E-state index >= 15 is 0 Å². The van der Waals surface area contributed by atoms with Crippen molar-refractivity contribution in [2.75, 3.05) is 18.9 Å². The van der Waals surface area contributed by atoms with E-state index in [0.717, 1.165) is 60.2 Å². The minimum atomic E-state index is 0.747. The van der Waals surface area contributed by atoms with Gasteiger partial charge in [0.05, 0.1) is 0 Å². The third kappa shape index (κ3) is 5.74. The fourth-order valence-electron chi connectivity index (χ4n) is 3.16. The number of nitrogens with one attached hydrogen (secondary N) is 1. The first kappa shape index (κ1) is 21.3. The van der Waals surface area contributed by atoms with Gasteiger partial charge in [0.1, 0.15) is 5.76 Å². The highest BCUT2D eigenvalue weighted by Gasteiger charge is 2.12. The zero-order chi connectivity index (χ0) is 19.8. The molecule has 0 atom stereocenters. The van der Waals surface area contributed by atoms with Crippen LogP contribution in [-0.4, -0.2) is 19.3 Å². The molecule has 0 aliphatic carbocycles. The number of benzene rings is 1. The summed E-state index contributed by atoms with van der Waals surface area (Å²) in [5.74, 6) is 1.77. The van der Waals surface area contributed by atoms with Crippen LogP contribution in [0.2, 0.25) is 5.02 Å². The van der Waals surface area contributed by atoms with Gasteiger partial charge in [-0.2, -0.15) is 0 Å². The number of unbranched alkanes of at least 4 members (excludes halogenated alkanes) is 1. The average Bonchev–Trinajstić information content (AvgIpc) is 3.10. The molecule has 27 heavy (non-hydrogen) atoms. The van der Waals surface area contributed by atoms with Crippen LogP contribution in [0.15, 0.2) is 39.8 Å². The van der Waals surface area contributed by atoms with Crippen LogP contribution in [0.4, 0.5) is 5.88 Å². The number of allylic oxidation sites excluding steroid dienone is 1. The number of hydrogen-bond acceptors (Lipinski definition) is 3. The first-order valence-corrected chi connectivity index (χ1v) is 10.1. The molecule has 0 aliphatic rings. The third-order valence-electron chi connectivity index (χ3n) is 4.72. The van der Waals surface area contributed by atoms with Crippen molar-refractivity contribution < 1.29 is 4.42 Å². The van der Waals surface area contributed by atoms with E-state index in [-0.39, 0.29) is 0 Å². The van der Waals surface area contributed by atoms with Crippen molar-refractivity contribution >= 4 is 28.8 Å². The molecule has 2 aromatic rings. The lowest BCUT2D eigenvalue weighted by Crippen LogP contribution is -1.99. The molecule has 1 N–H and O–H groups in total. The molecular weight excluding hydrogens is 356 g/mol. The Morgan fingerprint density at radius 1 is 1.22 bits per heavy atom. The second-order valence-electron chi connectivity index (χ2n) is 6.75. The SMILES string of the molecule is CCCC=C(CCN=C(C)c1cc(NC)oc1CC)c1cc(Cl)ccc1C. The highest BCUT2D eigenvalue weighted by Crippen LogP contribution is 2.27. The number of hydrogen-bond donors (Lipinski definition) is 1. The van der Waals surface area contributed by atoms with Crippen LogP contribution >= 0.6 is 11.6 Å². The van der Waals surface area contributed by atoms with Gasteiger partial charge in [0, 0.05) is 42.4 Å². The molecule has 1 heterocycles. The maximum Gasteiger partial charge on any atom is 0.193 e. The first-order chi connectivity index (χ1) is 13.0. The van der Waals surface area contributed by atoms with Crippen LogP contribution in [-0.2, 0) is 6.42 Å². The van der Waals surface area contributed by atoms with Crippen molar-refractivity contribution in [2.45, 2.75) is 53.4 Å². The maximum absolute atomic E-state index is 6.24. The summed E-state index contributed by atoms with van der Waals surface area (Å²) in [5.41, 5.74) is 5.94. The van der Waals surface area contributed by atoms with Crippen LogP contribution in [0.1, 0.15) is 62.5 Å². The van der Waals surface area contributed by atoms with E-state index in [9.17, 15) is 0 Å². The van der Waals surface area contributed by atoms with Crippen LogP contribution in [0.25, 0.3) is 5.57 Å². The quantitative estimate of drug-likeness (QED) is 0.474. The zero-order valence-electron chi connectivity index (χ0n) is 17.2. The summed E-state index contributed by atoms with van der Waals surface area (Å²) in [6.45, 7) is 9.24. The predicted octanol–water partition coefficient (Wildman–Crippen LogP) is 6.93. The Kier molecular flexibility index (Phi) is 8.18. The van der Waals surface area contributed by atoms with Gasteiger partial charge in [-0.1, -0.05) is 44.0 Å². The topological polar surface area (TPSA) is 37.5 Å². The maximum atomic E-state index is 6.24. The van der Waals surface area contributed by atoms with E-state index < -0.39 is 0 Å². The van der Waals surface area contributed by atoms with Gasteiger partial charge < -0.3 is 9.73 Å². The summed E-state index contributed by atoms with van der Waals surface area (Å²) >= 11 is 6.24. The Labute approximate surface area is 168 Å². The lowest BCUT2D eigenvalue weighted by molar-refractivity contribution is 0.529. The van der Waals surface area contributed by atoms with Crippen molar-refractivity contribution in [1.82, 2.24) is 0 Å².